The summed E-state index contributed by atoms with van der Waals surface area (Å²) >= 11 is 0. The SMILES string of the molecule is O=C(O)c1coc(N2CCS(=O)(=O)CC2)n1. The number of oxazole rings is 1. The predicted molar refractivity (Wildman–Crippen MR) is 54.3 cm³/mol. The lowest BCUT2D eigenvalue weighted by atomic mass is 10.5. The quantitative estimate of drug-likeness (QED) is 0.758. The van der Waals surface area contributed by atoms with Gasteiger partial charge in [-0.25, -0.2) is 13.2 Å². The molecule has 1 saturated heterocycles. The molecule has 0 saturated carbocycles. The maximum atomic E-state index is 11.2. The smallest absolute Gasteiger partial charge is 0.357 e. The molecule has 0 bridgehead atoms. The molecular weight excluding hydrogens is 236 g/mol. The molecule has 1 aliphatic heterocycles. The van der Waals surface area contributed by atoms with Gasteiger partial charge < -0.3 is 14.4 Å². The number of nitrogens with zero attached hydrogens (tertiary/aromatic N) is 2. The van der Waals surface area contributed by atoms with Crippen LogP contribution in [0.5, 0.6) is 0 Å². The molecule has 0 aliphatic carbocycles. The summed E-state index contributed by atoms with van der Waals surface area (Å²) < 4.78 is 27.3. The highest BCUT2D eigenvalue weighted by Crippen LogP contribution is 2.16. The number of rotatable bonds is 2. The van der Waals surface area contributed by atoms with E-state index in [1.165, 1.54) is 0 Å². The summed E-state index contributed by atoms with van der Waals surface area (Å²) in [5, 5.41) is 8.64. The van der Waals surface area contributed by atoms with Crippen molar-refractivity contribution in [2.24, 2.45) is 0 Å². The molecule has 7 nitrogen and oxygen atoms in total. The van der Waals surface area contributed by atoms with Gasteiger partial charge in [0.15, 0.2) is 15.5 Å². The second kappa shape index (κ2) is 3.78. The standard InChI is InChI=1S/C8H10N2O5S/c11-7(12)6-5-15-8(9-6)10-1-3-16(13,14)4-2-10/h5H,1-4H2,(H,11,12). The summed E-state index contributed by atoms with van der Waals surface area (Å²) in [7, 11) is -2.96. The molecule has 2 rings (SSSR count). The van der Waals surface area contributed by atoms with Gasteiger partial charge in [-0.1, -0.05) is 0 Å². The van der Waals surface area contributed by atoms with Gasteiger partial charge >= 0.3 is 5.97 Å². The van der Waals surface area contributed by atoms with E-state index >= 15 is 0 Å². The Kier molecular flexibility index (Phi) is 2.58. The third-order valence-corrected chi connectivity index (χ3v) is 3.94. The van der Waals surface area contributed by atoms with E-state index in [0.717, 1.165) is 6.26 Å². The maximum absolute atomic E-state index is 11.2. The van der Waals surface area contributed by atoms with Gasteiger partial charge in [0, 0.05) is 13.1 Å². The lowest BCUT2D eigenvalue weighted by Gasteiger charge is -2.24. The molecule has 2 heterocycles. The second-order valence-electron chi connectivity index (χ2n) is 3.46. The van der Waals surface area contributed by atoms with E-state index in [4.69, 9.17) is 9.52 Å². The van der Waals surface area contributed by atoms with E-state index in [2.05, 4.69) is 4.98 Å². The van der Waals surface area contributed by atoms with E-state index in [0.29, 0.717) is 0 Å². The zero-order chi connectivity index (χ0) is 11.8. The number of aromatic nitrogens is 1. The molecule has 8 heteroatoms. The molecule has 0 unspecified atom stereocenters. The number of sulfone groups is 1. The normalized spacial score (nSPS) is 19.6. The Bertz CT molecular complexity index is 492. The molecule has 0 amide bonds. The summed E-state index contributed by atoms with van der Waals surface area (Å²) in [6.07, 6.45) is 1.04. The number of hydrogen-bond donors (Lipinski definition) is 1. The van der Waals surface area contributed by atoms with Crippen molar-refractivity contribution in [2.75, 3.05) is 29.5 Å². The fourth-order valence-electron chi connectivity index (χ4n) is 1.41. The van der Waals surface area contributed by atoms with Gasteiger partial charge in [-0.05, 0) is 0 Å². The number of hydrogen-bond acceptors (Lipinski definition) is 6. The Balaban J connectivity index is 2.11. The third-order valence-electron chi connectivity index (χ3n) is 2.33. The predicted octanol–water partition coefficient (Wildman–Crippen LogP) is -0.392. The lowest BCUT2D eigenvalue weighted by Crippen LogP contribution is -2.40. The van der Waals surface area contributed by atoms with Crippen LogP contribution in [0.15, 0.2) is 10.7 Å². The van der Waals surface area contributed by atoms with Crippen LogP contribution in [0, 0.1) is 0 Å². The number of carbonyl (C=O) groups is 1. The zero-order valence-corrected chi connectivity index (χ0v) is 9.11. The Hall–Kier alpha value is -1.57. The first-order valence-electron chi connectivity index (χ1n) is 4.62. The van der Waals surface area contributed by atoms with Crippen LogP contribution in [0.3, 0.4) is 0 Å². The monoisotopic (exact) mass is 246 g/mol. The number of carboxylic acids is 1. The van der Waals surface area contributed by atoms with Gasteiger partial charge in [0.1, 0.15) is 6.26 Å². The summed E-state index contributed by atoms with van der Waals surface area (Å²) in [6.45, 7) is 0.559. The minimum absolute atomic E-state index is 0.0395. The number of aromatic carboxylic acids is 1. The highest BCUT2D eigenvalue weighted by molar-refractivity contribution is 7.91. The Morgan fingerprint density at radius 2 is 2.06 bits per heavy atom. The van der Waals surface area contributed by atoms with E-state index < -0.39 is 15.8 Å². The van der Waals surface area contributed by atoms with Crippen LogP contribution >= 0.6 is 0 Å². The van der Waals surface area contributed by atoms with Crippen LogP contribution in [0.1, 0.15) is 10.5 Å². The minimum Gasteiger partial charge on any atom is -0.476 e. The Labute approximate surface area is 91.6 Å². The highest BCUT2D eigenvalue weighted by Gasteiger charge is 2.25. The van der Waals surface area contributed by atoms with E-state index in [-0.39, 0.29) is 36.3 Å². The highest BCUT2D eigenvalue weighted by atomic mass is 32.2. The summed E-state index contributed by atoms with van der Waals surface area (Å²) in [6, 6.07) is 0.160. The van der Waals surface area contributed by atoms with Crippen molar-refractivity contribution in [3.8, 4) is 0 Å². The third kappa shape index (κ3) is 2.16. The Morgan fingerprint density at radius 1 is 1.44 bits per heavy atom. The number of anilines is 1. The first-order chi connectivity index (χ1) is 7.48. The maximum Gasteiger partial charge on any atom is 0.357 e. The van der Waals surface area contributed by atoms with Crippen LogP contribution in [-0.4, -0.2) is 49.1 Å². The molecule has 0 radical (unpaired) electrons. The van der Waals surface area contributed by atoms with Gasteiger partial charge in [-0.15, -0.1) is 0 Å². The molecule has 1 N–H and O–H groups in total. The zero-order valence-electron chi connectivity index (χ0n) is 8.29. The first-order valence-corrected chi connectivity index (χ1v) is 6.44. The van der Waals surface area contributed by atoms with Gasteiger partial charge in [0.2, 0.25) is 0 Å². The fraction of sp³-hybridized carbons (Fsp3) is 0.500. The average Bonchev–Trinajstić information content (AvgIpc) is 2.66. The van der Waals surface area contributed by atoms with Crippen molar-refractivity contribution < 1.29 is 22.7 Å². The van der Waals surface area contributed by atoms with Gasteiger partial charge in [0.25, 0.3) is 6.01 Å². The summed E-state index contributed by atoms with van der Waals surface area (Å²) in [5.74, 6) is -1.09. The molecule has 1 aromatic rings. The van der Waals surface area contributed by atoms with Crippen molar-refractivity contribution in [1.82, 2.24) is 4.98 Å². The molecule has 0 aromatic carbocycles. The lowest BCUT2D eigenvalue weighted by molar-refractivity contribution is 0.0690. The van der Waals surface area contributed by atoms with Crippen molar-refractivity contribution in [2.45, 2.75) is 0 Å². The molecule has 1 aliphatic rings. The Morgan fingerprint density at radius 3 is 2.56 bits per heavy atom. The van der Waals surface area contributed by atoms with E-state index in [1.54, 1.807) is 4.90 Å². The van der Waals surface area contributed by atoms with E-state index in [9.17, 15) is 13.2 Å². The summed E-state index contributed by atoms with van der Waals surface area (Å²) in [5.41, 5.74) is -0.177. The van der Waals surface area contributed by atoms with Crippen molar-refractivity contribution in [1.29, 1.82) is 0 Å². The molecule has 1 fully saturated rings. The van der Waals surface area contributed by atoms with Crippen LogP contribution < -0.4 is 4.90 Å². The van der Waals surface area contributed by atoms with Crippen molar-refractivity contribution >= 4 is 21.8 Å². The van der Waals surface area contributed by atoms with Crippen LogP contribution in [-0.2, 0) is 9.84 Å². The molecule has 0 atom stereocenters. The van der Waals surface area contributed by atoms with Crippen LogP contribution in [0.4, 0.5) is 6.01 Å². The molecule has 0 spiro atoms. The minimum atomic E-state index is -2.96. The molecule has 88 valence electrons. The fourth-order valence-corrected chi connectivity index (χ4v) is 2.61. The largest absolute Gasteiger partial charge is 0.476 e. The van der Waals surface area contributed by atoms with Crippen LogP contribution in [0.2, 0.25) is 0 Å². The van der Waals surface area contributed by atoms with Crippen molar-refractivity contribution in [3.63, 3.8) is 0 Å². The average molecular weight is 246 g/mol. The number of carboxylic acid groups (broad SMARTS) is 1. The topological polar surface area (TPSA) is 101 Å². The molecule has 16 heavy (non-hydrogen) atoms. The van der Waals surface area contributed by atoms with Gasteiger partial charge in [0.05, 0.1) is 11.5 Å². The van der Waals surface area contributed by atoms with Crippen molar-refractivity contribution in [3.05, 3.63) is 12.0 Å². The van der Waals surface area contributed by atoms with Crippen LogP contribution in [0.25, 0.3) is 0 Å². The molecule has 1 aromatic heterocycles. The summed E-state index contributed by atoms with van der Waals surface area (Å²) in [4.78, 5) is 15.9. The van der Waals surface area contributed by atoms with Gasteiger partial charge in [-0.2, -0.15) is 4.98 Å². The second-order valence-corrected chi connectivity index (χ2v) is 5.76. The molecular formula is C8H10N2O5S. The van der Waals surface area contributed by atoms with E-state index in [1.807, 2.05) is 0 Å². The van der Waals surface area contributed by atoms with Gasteiger partial charge in [-0.3, -0.25) is 0 Å². The first kappa shape index (κ1) is 10.9.